The molecule has 0 unspecified atom stereocenters. The SMILES string of the molecule is CCOC(=O)Nc1ccc(Nc2ccccc2OC(C)C)cc1. The Labute approximate surface area is 136 Å². The maximum absolute atomic E-state index is 11.4. The summed E-state index contributed by atoms with van der Waals surface area (Å²) in [7, 11) is 0. The Balaban J connectivity index is 2.05. The van der Waals surface area contributed by atoms with Crippen LogP contribution in [0.4, 0.5) is 21.9 Å². The first-order valence-electron chi connectivity index (χ1n) is 7.65. The van der Waals surface area contributed by atoms with Gasteiger partial charge in [0.15, 0.2) is 0 Å². The van der Waals surface area contributed by atoms with Crippen LogP contribution in [0.25, 0.3) is 0 Å². The van der Waals surface area contributed by atoms with E-state index < -0.39 is 6.09 Å². The number of rotatable bonds is 6. The monoisotopic (exact) mass is 314 g/mol. The van der Waals surface area contributed by atoms with E-state index in [9.17, 15) is 4.79 Å². The van der Waals surface area contributed by atoms with Gasteiger partial charge in [-0.25, -0.2) is 4.79 Å². The largest absolute Gasteiger partial charge is 0.489 e. The summed E-state index contributed by atoms with van der Waals surface area (Å²) in [5, 5.41) is 5.97. The Kier molecular flexibility index (Phi) is 5.86. The molecule has 0 fully saturated rings. The molecule has 0 radical (unpaired) electrons. The lowest BCUT2D eigenvalue weighted by molar-refractivity contribution is 0.168. The molecule has 122 valence electrons. The molecular weight excluding hydrogens is 292 g/mol. The highest BCUT2D eigenvalue weighted by atomic mass is 16.5. The van der Waals surface area contributed by atoms with Gasteiger partial charge in [-0.15, -0.1) is 0 Å². The minimum atomic E-state index is -0.455. The zero-order chi connectivity index (χ0) is 16.7. The van der Waals surface area contributed by atoms with Crippen LogP contribution in [0.2, 0.25) is 0 Å². The van der Waals surface area contributed by atoms with Crippen molar-refractivity contribution < 1.29 is 14.3 Å². The van der Waals surface area contributed by atoms with E-state index in [1.165, 1.54) is 0 Å². The lowest BCUT2D eigenvalue weighted by Crippen LogP contribution is -2.13. The number of carbonyl (C=O) groups is 1. The fourth-order valence-corrected chi connectivity index (χ4v) is 2.00. The first-order valence-corrected chi connectivity index (χ1v) is 7.65. The van der Waals surface area contributed by atoms with Gasteiger partial charge < -0.3 is 14.8 Å². The first kappa shape index (κ1) is 16.7. The van der Waals surface area contributed by atoms with Gasteiger partial charge in [0.05, 0.1) is 18.4 Å². The minimum Gasteiger partial charge on any atom is -0.489 e. The Bertz CT molecular complexity index is 639. The van der Waals surface area contributed by atoms with Gasteiger partial charge in [0.25, 0.3) is 0 Å². The summed E-state index contributed by atoms with van der Waals surface area (Å²) in [6.45, 7) is 6.10. The van der Waals surface area contributed by atoms with E-state index in [0.29, 0.717) is 12.3 Å². The molecule has 5 heteroatoms. The van der Waals surface area contributed by atoms with E-state index in [0.717, 1.165) is 17.1 Å². The van der Waals surface area contributed by atoms with Gasteiger partial charge in [-0.05, 0) is 57.2 Å². The van der Waals surface area contributed by atoms with Gasteiger partial charge in [-0.2, -0.15) is 0 Å². The predicted molar refractivity (Wildman–Crippen MR) is 92.6 cm³/mol. The maximum atomic E-state index is 11.4. The van der Waals surface area contributed by atoms with E-state index in [-0.39, 0.29) is 6.10 Å². The molecule has 2 aromatic carbocycles. The van der Waals surface area contributed by atoms with E-state index in [1.54, 1.807) is 6.92 Å². The number of para-hydroxylation sites is 2. The molecule has 0 bridgehead atoms. The van der Waals surface area contributed by atoms with Gasteiger partial charge in [0.1, 0.15) is 5.75 Å². The molecule has 0 aromatic heterocycles. The minimum absolute atomic E-state index is 0.106. The van der Waals surface area contributed by atoms with Crippen LogP contribution in [0, 0.1) is 0 Å². The quantitative estimate of drug-likeness (QED) is 0.805. The highest BCUT2D eigenvalue weighted by molar-refractivity contribution is 5.85. The molecule has 2 aromatic rings. The number of nitrogens with one attached hydrogen (secondary N) is 2. The number of anilines is 3. The Hall–Kier alpha value is -2.69. The number of benzene rings is 2. The predicted octanol–water partition coefficient (Wildman–Crippen LogP) is 4.79. The Morgan fingerprint density at radius 1 is 1.04 bits per heavy atom. The summed E-state index contributed by atoms with van der Waals surface area (Å²) >= 11 is 0. The zero-order valence-corrected chi connectivity index (χ0v) is 13.6. The van der Waals surface area contributed by atoms with Crippen molar-refractivity contribution in [1.82, 2.24) is 0 Å². The molecule has 0 saturated heterocycles. The summed E-state index contributed by atoms with van der Waals surface area (Å²) in [6.07, 6.45) is -0.349. The van der Waals surface area contributed by atoms with Crippen molar-refractivity contribution in [3.05, 3.63) is 48.5 Å². The first-order chi connectivity index (χ1) is 11.1. The van der Waals surface area contributed by atoms with Crippen molar-refractivity contribution in [2.75, 3.05) is 17.2 Å². The number of amides is 1. The normalized spacial score (nSPS) is 10.3. The van der Waals surface area contributed by atoms with E-state index in [1.807, 2.05) is 62.4 Å². The van der Waals surface area contributed by atoms with Crippen LogP contribution in [0.15, 0.2) is 48.5 Å². The van der Waals surface area contributed by atoms with Crippen molar-refractivity contribution >= 4 is 23.2 Å². The molecule has 0 heterocycles. The topological polar surface area (TPSA) is 59.6 Å². The van der Waals surface area contributed by atoms with E-state index in [2.05, 4.69) is 10.6 Å². The molecule has 0 atom stereocenters. The summed E-state index contributed by atoms with van der Waals surface area (Å²) in [4.78, 5) is 11.4. The third kappa shape index (κ3) is 5.21. The summed E-state index contributed by atoms with van der Waals surface area (Å²) in [6, 6.07) is 15.2. The van der Waals surface area contributed by atoms with Crippen molar-refractivity contribution in [3.63, 3.8) is 0 Å². The third-order valence-corrected chi connectivity index (χ3v) is 2.94. The standard InChI is InChI=1S/C18H22N2O3/c1-4-22-18(21)20-15-11-9-14(10-12-15)19-16-7-5-6-8-17(16)23-13(2)3/h5-13,19H,4H2,1-3H3,(H,20,21). The number of hydrogen-bond donors (Lipinski definition) is 2. The molecule has 2 rings (SSSR count). The van der Waals surface area contributed by atoms with E-state index in [4.69, 9.17) is 9.47 Å². The lowest BCUT2D eigenvalue weighted by Gasteiger charge is -2.15. The second kappa shape index (κ2) is 8.08. The number of carbonyl (C=O) groups excluding carboxylic acids is 1. The number of ether oxygens (including phenoxy) is 2. The summed E-state index contributed by atoms with van der Waals surface area (Å²) < 4.78 is 10.6. The van der Waals surface area contributed by atoms with Crippen molar-refractivity contribution in [1.29, 1.82) is 0 Å². The smallest absolute Gasteiger partial charge is 0.411 e. The fraction of sp³-hybridized carbons (Fsp3) is 0.278. The molecule has 5 nitrogen and oxygen atoms in total. The van der Waals surface area contributed by atoms with Gasteiger partial charge in [-0.3, -0.25) is 5.32 Å². The van der Waals surface area contributed by atoms with Gasteiger partial charge in [0, 0.05) is 11.4 Å². The second-order valence-electron chi connectivity index (χ2n) is 5.21. The number of hydrogen-bond acceptors (Lipinski definition) is 4. The van der Waals surface area contributed by atoms with Crippen LogP contribution in [-0.2, 0) is 4.74 Å². The second-order valence-corrected chi connectivity index (χ2v) is 5.21. The van der Waals surface area contributed by atoms with Crippen LogP contribution in [0.1, 0.15) is 20.8 Å². The Morgan fingerprint density at radius 3 is 2.35 bits per heavy atom. The summed E-state index contributed by atoms with van der Waals surface area (Å²) in [5.74, 6) is 0.802. The van der Waals surface area contributed by atoms with Crippen molar-refractivity contribution in [2.24, 2.45) is 0 Å². The lowest BCUT2D eigenvalue weighted by atomic mass is 10.2. The average molecular weight is 314 g/mol. The highest BCUT2D eigenvalue weighted by Gasteiger charge is 2.06. The van der Waals surface area contributed by atoms with Crippen molar-refractivity contribution in [2.45, 2.75) is 26.9 Å². The van der Waals surface area contributed by atoms with Crippen molar-refractivity contribution in [3.8, 4) is 5.75 Å². The highest BCUT2D eigenvalue weighted by Crippen LogP contribution is 2.28. The molecule has 0 saturated carbocycles. The molecular formula is C18H22N2O3. The Morgan fingerprint density at radius 2 is 1.70 bits per heavy atom. The van der Waals surface area contributed by atoms with Crippen LogP contribution >= 0.6 is 0 Å². The van der Waals surface area contributed by atoms with Crippen LogP contribution in [0.5, 0.6) is 5.75 Å². The third-order valence-electron chi connectivity index (χ3n) is 2.94. The molecule has 0 aliphatic carbocycles. The average Bonchev–Trinajstić information content (AvgIpc) is 2.51. The zero-order valence-electron chi connectivity index (χ0n) is 13.6. The van der Waals surface area contributed by atoms with E-state index >= 15 is 0 Å². The van der Waals surface area contributed by atoms with Crippen LogP contribution in [-0.4, -0.2) is 18.8 Å². The summed E-state index contributed by atoms with van der Waals surface area (Å²) in [5.41, 5.74) is 2.48. The maximum Gasteiger partial charge on any atom is 0.411 e. The van der Waals surface area contributed by atoms with Gasteiger partial charge in [-0.1, -0.05) is 12.1 Å². The van der Waals surface area contributed by atoms with Crippen LogP contribution in [0.3, 0.4) is 0 Å². The van der Waals surface area contributed by atoms with Crippen LogP contribution < -0.4 is 15.4 Å². The molecule has 23 heavy (non-hydrogen) atoms. The molecule has 0 aliphatic rings. The molecule has 0 spiro atoms. The molecule has 0 aliphatic heterocycles. The molecule has 2 N–H and O–H groups in total. The fourth-order valence-electron chi connectivity index (χ4n) is 2.00. The van der Waals surface area contributed by atoms with Gasteiger partial charge >= 0.3 is 6.09 Å². The van der Waals surface area contributed by atoms with Gasteiger partial charge in [0.2, 0.25) is 0 Å². The molecule has 1 amide bonds.